The van der Waals surface area contributed by atoms with Gasteiger partial charge < -0.3 is 15.1 Å². The summed E-state index contributed by atoms with van der Waals surface area (Å²) in [6.45, 7) is 8.56. The molecule has 0 unspecified atom stereocenters. The third kappa shape index (κ3) is 4.94. The Morgan fingerprint density at radius 1 is 1.17 bits per heavy atom. The first-order valence-corrected chi connectivity index (χ1v) is 8.21. The van der Waals surface area contributed by atoms with Crippen molar-refractivity contribution in [3.8, 4) is 0 Å². The number of aromatic nitrogens is 1. The Hall–Kier alpha value is -2.11. The molecule has 2 heterocycles. The molecule has 1 aliphatic heterocycles. The maximum absolute atomic E-state index is 12.4. The Morgan fingerprint density at radius 3 is 2.43 bits per heavy atom. The average molecular weight is 318 g/mol. The molecule has 1 aromatic rings. The van der Waals surface area contributed by atoms with E-state index in [0.29, 0.717) is 25.4 Å². The Bertz CT molecular complexity index is 525. The molecule has 1 aliphatic rings. The molecular weight excluding hydrogens is 292 g/mol. The number of pyridine rings is 1. The van der Waals surface area contributed by atoms with E-state index in [1.165, 1.54) is 0 Å². The van der Waals surface area contributed by atoms with Crippen molar-refractivity contribution >= 4 is 17.6 Å². The van der Waals surface area contributed by atoms with Crippen LogP contribution in [0.25, 0.3) is 0 Å². The zero-order valence-electron chi connectivity index (χ0n) is 14.2. The number of carbonyl (C=O) groups excluding carboxylic acids is 2. The Morgan fingerprint density at radius 2 is 1.87 bits per heavy atom. The van der Waals surface area contributed by atoms with E-state index in [1.54, 1.807) is 13.1 Å². The summed E-state index contributed by atoms with van der Waals surface area (Å²) < 4.78 is 0. The van der Waals surface area contributed by atoms with Gasteiger partial charge in [0.1, 0.15) is 11.9 Å². The lowest BCUT2D eigenvalue weighted by atomic mass is 10.1. The second-order valence-corrected chi connectivity index (χ2v) is 6.39. The Kier molecular flexibility index (Phi) is 5.96. The van der Waals surface area contributed by atoms with Gasteiger partial charge >= 0.3 is 0 Å². The van der Waals surface area contributed by atoms with E-state index in [2.05, 4.69) is 15.2 Å². The van der Waals surface area contributed by atoms with Crippen molar-refractivity contribution < 1.29 is 9.59 Å². The molecule has 1 atom stereocenters. The highest BCUT2D eigenvalue weighted by molar-refractivity contribution is 5.87. The number of anilines is 1. The lowest BCUT2D eigenvalue weighted by molar-refractivity contribution is -0.136. The van der Waals surface area contributed by atoms with E-state index >= 15 is 0 Å². The summed E-state index contributed by atoms with van der Waals surface area (Å²) in [5.41, 5.74) is 0. The number of nitrogens with one attached hydrogen (secondary N) is 1. The predicted octanol–water partition coefficient (Wildman–Crippen LogP) is 1.28. The number of carbonyl (C=O) groups is 2. The van der Waals surface area contributed by atoms with Crippen molar-refractivity contribution in [1.82, 2.24) is 15.2 Å². The van der Waals surface area contributed by atoms with Crippen LogP contribution < -0.4 is 10.2 Å². The summed E-state index contributed by atoms with van der Waals surface area (Å²) in [6, 6.07) is 5.37. The van der Waals surface area contributed by atoms with E-state index in [-0.39, 0.29) is 11.8 Å². The molecule has 2 rings (SSSR count). The first-order chi connectivity index (χ1) is 11.0. The van der Waals surface area contributed by atoms with Crippen LogP contribution in [0.15, 0.2) is 24.4 Å². The molecule has 2 amide bonds. The van der Waals surface area contributed by atoms with Crippen LogP contribution in [0.3, 0.4) is 0 Å². The van der Waals surface area contributed by atoms with Gasteiger partial charge in [0.2, 0.25) is 11.8 Å². The largest absolute Gasteiger partial charge is 0.353 e. The molecule has 6 nitrogen and oxygen atoms in total. The van der Waals surface area contributed by atoms with E-state index in [9.17, 15) is 9.59 Å². The predicted molar refractivity (Wildman–Crippen MR) is 90.1 cm³/mol. The van der Waals surface area contributed by atoms with E-state index in [4.69, 9.17) is 0 Å². The number of hydrogen-bond acceptors (Lipinski definition) is 4. The second kappa shape index (κ2) is 7.94. The standard InChI is InChI=1S/C17H26N4O2/c1-13(2)12-16(22)19-14(3)17(23)21-10-8-20(9-11-21)15-6-4-5-7-18-15/h4-7,13-14H,8-12H2,1-3H3,(H,19,22)/t14-/m1/s1. The molecule has 23 heavy (non-hydrogen) atoms. The van der Waals surface area contributed by atoms with Crippen molar-refractivity contribution in [3.05, 3.63) is 24.4 Å². The molecule has 6 heteroatoms. The summed E-state index contributed by atoms with van der Waals surface area (Å²) in [5, 5.41) is 2.80. The smallest absolute Gasteiger partial charge is 0.244 e. The first kappa shape index (κ1) is 17.2. The molecule has 0 radical (unpaired) electrons. The minimum atomic E-state index is -0.470. The van der Waals surface area contributed by atoms with Gasteiger partial charge in [0.25, 0.3) is 0 Å². The van der Waals surface area contributed by atoms with Gasteiger partial charge in [-0.2, -0.15) is 0 Å². The van der Waals surface area contributed by atoms with Crippen LogP contribution in [0.2, 0.25) is 0 Å². The molecule has 1 aromatic heterocycles. The maximum Gasteiger partial charge on any atom is 0.244 e. The van der Waals surface area contributed by atoms with Crippen LogP contribution in [-0.4, -0.2) is 53.9 Å². The number of hydrogen-bond donors (Lipinski definition) is 1. The highest BCUT2D eigenvalue weighted by Gasteiger charge is 2.26. The topological polar surface area (TPSA) is 65.5 Å². The monoisotopic (exact) mass is 318 g/mol. The fraction of sp³-hybridized carbons (Fsp3) is 0.588. The minimum absolute atomic E-state index is 0.0113. The van der Waals surface area contributed by atoms with Crippen LogP contribution in [0.4, 0.5) is 5.82 Å². The second-order valence-electron chi connectivity index (χ2n) is 6.39. The van der Waals surface area contributed by atoms with Gasteiger partial charge in [-0.15, -0.1) is 0 Å². The molecule has 0 spiro atoms. The summed E-state index contributed by atoms with van der Waals surface area (Å²) in [7, 11) is 0. The molecule has 0 bridgehead atoms. The summed E-state index contributed by atoms with van der Waals surface area (Å²) in [4.78, 5) is 32.6. The quantitative estimate of drug-likeness (QED) is 0.888. The number of rotatable bonds is 5. The molecule has 126 valence electrons. The number of piperazine rings is 1. The Labute approximate surface area is 137 Å². The van der Waals surface area contributed by atoms with Crippen molar-refractivity contribution in [2.75, 3.05) is 31.1 Å². The van der Waals surface area contributed by atoms with E-state index in [1.807, 2.05) is 36.9 Å². The lowest BCUT2D eigenvalue weighted by Gasteiger charge is -2.36. The van der Waals surface area contributed by atoms with Gasteiger partial charge in [-0.1, -0.05) is 19.9 Å². The van der Waals surface area contributed by atoms with Crippen LogP contribution >= 0.6 is 0 Å². The van der Waals surface area contributed by atoms with Crippen molar-refractivity contribution in [2.24, 2.45) is 5.92 Å². The van der Waals surface area contributed by atoms with Gasteiger partial charge in [0.15, 0.2) is 0 Å². The average Bonchev–Trinajstić information content (AvgIpc) is 2.54. The van der Waals surface area contributed by atoms with E-state index in [0.717, 1.165) is 18.9 Å². The fourth-order valence-corrected chi connectivity index (χ4v) is 2.70. The van der Waals surface area contributed by atoms with Crippen molar-refractivity contribution in [2.45, 2.75) is 33.2 Å². The molecule has 1 N–H and O–H groups in total. The van der Waals surface area contributed by atoms with Gasteiger partial charge in [-0.25, -0.2) is 4.98 Å². The van der Waals surface area contributed by atoms with Gasteiger partial charge in [-0.05, 0) is 25.0 Å². The molecule has 1 fully saturated rings. The van der Waals surface area contributed by atoms with Crippen LogP contribution in [0.1, 0.15) is 27.2 Å². The van der Waals surface area contributed by atoms with Crippen LogP contribution in [0.5, 0.6) is 0 Å². The summed E-state index contributed by atoms with van der Waals surface area (Å²) in [5.74, 6) is 1.16. The van der Waals surface area contributed by atoms with Gasteiger partial charge in [-0.3, -0.25) is 9.59 Å². The molecule has 0 aromatic carbocycles. The zero-order valence-corrected chi connectivity index (χ0v) is 14.2. The third-order valence-electron chi connectivity index (χ3n) is 3.91. The SMILES string of the molecule is CC(C)CC(=O)N[C@H](C)C(=O)N1CCN(c2ccccn2)CC1. The third-order valence-corrected chi connectivity index (χ3v) is 3.91. The van der Waals surface area contributed by atoms with Crippen molar-refractivity contribution in [3.63, 3.8) is 0 Å². The summed E-state index contributed by atoms with van der Waals surface area (Å²) >= 11 is 0. The number of nitrogens with zero attached hydrogens (tertiary/aromatic N) is 3. The van der Waals surface area contributed by atoms with Gasteiger partial charge in [0, 0.05) is 38.8 Å². The van der Waals surface area contributed by atoms with Crippen molar-refractivity contribution in [1.29, 1.82) is 0 Å². The fourth-order valence-electron chi connectivity index (χ4n) is 2.70. The maximum atomic E-state index is 12.4. The summed E-state index contributed by atoms with van der Waals surface area (Å²) in [6.07, 6.45) is 2.23. The van der Waals surface area contributed by atoms with Crippen LogP contribution in [-0.2, 0) is 9.59 Å². The minimum Gasteiger partial charge on any atom is -0.353 e. The molecule has 0 saturated carbocycles. The normalized spacial score (nSPS) is 16.3. The molecular formula is C17H26N4O2. The zero-order chi connectivity index (χ0) is 16.8. The molecule has 0 aliphatic carbocycles. The highest BCUT2D eigenvalue weighted by atomic mass is 16.2. The Balaban J connectivity index is 1.82. The highest BCUT2D eigenvalue weighted by Crippen LogP contribution is 2.13. The molecule has 1 saturated heterocycles. The van der Waals surface area contributed by atoms with Gasteiger partial charge in [0.05, 0.1) is 0 Å². The lowest BCUT2D eigenvalue weighted by Crippen LogP contribution is -2.54. The first-order valence-electron chi connectivity index (χ1n) is 8.21. The van der Waals surface area contributed by atoms with E-state index < -0.39 is 6.04 Å². The van der Waals surface area contributed by atoms with Crippen LogP contribution in [0, 0.1) is 5.92 Å². The number of amides is 2.